The number of alkyl halides is 5. The molecule has 0 saturated heterocycles. The molecule has 15 heavy (non-hydrogen) atoms. The van der Waals surface area contributed by atoms with Gasteiger partial charge in [-0.1, -0.05) is 0 Å². The zero-order valence-corrected chi connectivity index (χ0v) is 8.21. The van der Waals surface area contributed by atoms with Gasteiger partial charge >= 0.3 is 6.18 Å². The molecule has 0 amide bonds. The van der Waals surface area contributed by atoms with Gasteiger partial charge in [0.15, 0.2) is 0 Å². The van der Waals surface area contributed by atoms with Crippen LogP contribution in [0.25, 0.3) is 0 Å². The Bertz CT molecular complexity index is 213. The van der Waals surface area contributed by atoms with Crippen LogP contribution in [0.4, 0.5) is 22.0 Å². The lowest BCUT2D eigenvalue weighted by Gasteiger charge is -2.39. The largest absolute Gasteiger partial charge is 0.389 e. The van der Waals surface area contributed by atoms with Crippen molar-refractivity contribution in [2.75, 3.05) is 6.54 Å². The topological polar surface area (TPSA) is 26.0 Å². The van der Waals surface area contributed by atoms with E-state index >= 15 is 0 Å². The molecule has 0 spiro atoms. The number of rotatable bonds is 2. The van der Waals surface area contributed by atoms with Crippen molar-refractivity contribution < 1.29 is 22.0 Å². The average molecular weight is 231 g/mol. The average Bonchev–Trinajstić information content (AvgIpc) is 2.07. The molecule has 0 aliphatic heterocycles. The molecule has 0 atom stereocenters. The Hall–Kier alpha value is -0.390. The Morgan fingerprint density at radius 1 is 1.00 bits per heavy atom. The lowest BCUT2D eigenvalue weighted by Crippen LogP contribution is -2.41. The highest BCUT2D eigenvalue weighted by Crippen LogP contribution is 2.48. The molecule has 1 aliphatic carbocycles. The normalized spacial score (nSPS) is 25.2. The minimum atomic E-state index is -4.33. The van der Waals surface area contributed by atoms with Crippen LogP contribution in [0.5, 0.6) is 0 Å². The first kappa shape index (κ1) is 12.7. The molecule has 6 heteroatoms. The summed E-state index contributed by atoms with van der Waals surface area (Å²) >= 11 is 0. The van der Waals surface area contributed by atoms with E-state index in [2.05, 4.69) is 0 Å². The van der Waals surface area contributed by atoms with Crippen molar-refractivity contribution in [1.82, 2.24) is 0 Å². The van der Waals surface area contributed by atoms with Crippen molar-refractivity contribution >= 4 is 0 Å². The molecule has 1 nitrogen and oxygen atoms in total. The van der Waals surface area contributed by atoms with Crippen LogP contribution in [0.3, 0.4) is 0 Å². The van der Waals surface area contributed by atoms with E-state index in [1.54, 1.807) is 0 Å². The second kappa shape index (κ2) is 3.88. The molecule has 0 radical (unpaired) electrons. The minimum absolute atomic E-state index is 0.143. The SMILES string of the molecule is NCC1(CC(F)(F)F)CCC(F)(F)CC1. The molecule has 0 bridgehead atoms. The van der Waals surface area contributed by atoms with E-state index in [0.29, 0.717) is 0 Å². The fourth-order valence-corrected chi connectivity index (χ4v) is 2.02. The zero-order valence-electron chi connectivity index (χ0n) is 8.21. The second-order valence-electron chi connectivity index (χ2n) is 4.35. The molecule has 1 fully saturated rings. The predicted octanol–water partition coefficient (Wildman–Crippen LogP) is 3.09. The van der Waals surface area contributed by atoms with E-state index in [9.17, 15) is 22.0 Å². The zero-order chi connectivity index (χ0) is 11.7. The van der Waals surface area contributed by atoms with Crippen molar-refractivity contribution in [3.8, 4) is 0 Å². The highest BCUT2D eigenvalue weighted by Gasteiger charge is 2.47. The van der Waals surface area contributed by atoms with Crippen LogP contribution in [0.1, 0.15) is 32.1 Å². The van der Waals surface area contributed by atoms with Gasteiger partial charge in [-0.15, -0.1) is 0 Å². The van der Waals surface area contributed by atoms with E-state index in [4.69, 9.17) is 5.73 Å². The smallest absolute Gasteiger partial charge is 0.330 e. The van der Waals surface area contributed by atoms with Gasteiger partial charge in [0.1, 0.15) is 0 Å². The maximum absolute atomic E-state index is 12.8. The third-order valence-corrected chi connectivity index (χ3v) is 3.05. The molecule has 0 unspecified atom stereocenters. The lowest BCUT2D eigenvalue weighted by molar-refractivity contribution is -0.171. The summed E-state index contributed by atoms with van der Waals surface area (Å²) in [5, 5.41) is 0. The van der Waals surface area contributed by atoms with Crippen LogP contribution in [0.2, 0.25) is 0 Å². The molecular formula is C9H14F5N. The Kier molecular flexibility index (Phi) is 3.28. The Morgan fingerprint density at radius 2 is 1.47 bits per heavy atom. The standard InChI is InChI=1S/C9H14F5N/c10-8(11)3-1-7(6-15,2-4-8)5-9(12,13)14/h1-6,15H2. The van der Waals surface area contributed by atoms with Crippen molar-refractivity contribution in [3.63, 3.8) is 0 Å². The molecule has 90 valence electrons. The molecule has 2 N–H and O–H groups in total. The van der Waals surface area contributed by atoms with Gasteiger partial charge in [0, 0.05) is 12.8 Å². The Balaban J connectivity index is 2.64. The van der Waals surface area contributed by atoms with Crippen LogP contribution >= 0.6 is 0 Å². The Labute approximate surface area is 84.8 Å². The van der Waals surface area contributed by atoms with E-state index in [-0.39, 0.29) is 19.4 Å². The third kappa shape index (κ3) is 3.59. The fraction of sp³-hybridized carbons (Fsp3) is 1.00. The second-order valence-corrected chi connectivity index (χ2v) is 4.35. The van der Waals surface area contributed by atoms with Crippen LogP contribution in [0, 0.1) is 5.41 Å². The van der Waals surface area contributed by atoms with E-state index < -0.39 is 36.8 Å². The van der Waals surface area contributed by atoms with Crippen LogP contribution in [-0.2, 0) is 0 Å². The quantitative estimate of drug-likeness (QED) is 0.726. The summed E-state index contributed by atoms with van der Waals surface area (Å²) in [4.78, 5) is 0. The number of hydrogen-bond donors (Lipinski definition) is 1. The van der Waals surface area contributed by atoms with Gasteiger partial charge in [-0.3, -0.25) is 0 Å². The van der Waals surface area contributed by atoms with Gasteiger partial charge in [-0.25, -0.2) is 8.78 Å². The molecule has 0 aromatic rings. The van der Waals surface area contributed by atoms with Gasteiger partial charge in [0.2, 0.25) is 5.92 Å². The highest BCUT2D eigenvalue weighted by atomic mass is 19.4. The van der Waals surface area contributed by atoms with Crippen LogP contribution in [-0.4, -0.2) is 18.6 Å². The van der Waals surface area contributed by atoms with Gasteiger partial charge < -0.3 is 5.73 Å². The van der Waals surface area contributed by atoms with Gasteiger partial charge in [0.25, 0.3) is 0 Å². The molecular weight excluding hydrogens is 217 g/mol. The number of hydrogen-bond acceptors (Lipinski definition) is 1. The Morgan fingerprint density at radius 3 is 1.80 bits per heavy atom. The van der Waals surface area contributed by atoms with E-state index in [1.807, 2.05) is 0 Å². The van der Waals surface area contributed by atoms with E-state index in [1.165, 1.54) is 0 Å². The molecule has 1 rings (SSSR count). The first-order valence-corrected chi connectivity index (χ1v) is 4.83. The number of halogens is 5. The fourth-order valence-electron chi connectivity index (χ4n) is 2.02. The molecule has 0 aromatic heterocycles. The summed E-state index contributed by atoms with van der Waals surface area (Å²) in [5.74, 6) is -2.82. The van der Waals surface area contributed by atoms with Gasteiger partial charge in [0.05, 0.1) is 6.42 Å². The van der Waals surface area contributed by atoms with Crippen molar-refractivity contribution in [2.24, 2.45) is 11.1 Å². The summed E-state index contributed by atoms with van der Waals surface area (Å²) in [6.07, 6.45) is -6.63. The maximum atomic E-state index is 12.8. The van der Waals surface area contributed by atoms with E-state index in [0.717, 1.165) is 0 Å². The minimum Gasteiger partial charge on any atom is -0.330 e. The first-order chi connectivity index (χ1) is 6.68. The maximum Gasteiger partial charge on any atom is 0.389 e. The van der Waals surface area contributed by atoms with Crippen molar-refractivity contribution in [1.29, 1.82) is 0 Å². The molecule has 0 heterocycles. The highest BCUT2D eigenvalue weighted by molar-refractivity contribution is 4.90. The molecule has 1 saturated carbocycles. The summed E-state index contributed by atoms with van der Waals surface area (Å²) in [6.45, 7) is -0.178. The molecule has 0 aromatic carbocycles. The van der Waals surface area contributed by atoms with Crippen molar-refractivity contribution in [2.45, 2.75) is 44.2 Å². The van der Waals surface area contributed by atoms with Crippen molar-refractivity contribution in [3.05, 3.63) is 0 Å². The lowest BCUT2D eigenvalue weighted by atomic mass is 9.70. The first-order valence-electron chi connectivity index (χ1n) is 4.83. The van der Waals surface area contributed by atoms with Gasteiger partial charge in [-0.2, -0.15) is 13.2 Å². The summed E-state index contributed by atoms with van der Waals surface area (Å²) in [7, 11) is 0. The molecule has 1 aliphatic rings. The summed E-state index contributed by atoms with van der Waals surface area (Å²) in [6, 6.07) is 0. The van der Waals surface area contributed by atoms with Gasteiger partial charge in [-0.05, 0) is 24.8 Å². The predicted molar refractivity (Wildman–Crippen MR) is 45.6 cm³/mol. The van der Waals surface area contributed by atoms with Crippen LogP contribution in [0.15, 0.2) is 0 Å². The van der Waals surface area contributed by atoms with Crippen LogP contribution < -0.4 is 5.73 Å². The number of nitrogens with two attached hydrogens (primary N) is 1. The summed E-state index contributed by atoms with van der Waals surface area (Å²) < 4.78 is 62.3. The monoisotopic (exact) mass is 231 g/mol. The third-order valence-electron chi connectivity index (χ3n) is 3.05. The summed E-state index contributed by atoms with van der Waals surface area (Å²) in [5.41, 5.74) is 4.12.